The van der Waals surface area contributed by atoms with Gasteiger partial charge in [-0.25, -0.2) is 4.79 Å². The average molecular weight is 361 g/mol. The van der Waals surface area contributed by atoms with Gasteiger partial charge < -0.3 is 14.2 Å². The van der Waals surface area contributed by atoms with Crippen molar-refractivity contribution in [2.75, 3.05) is 14.2 Å². The van der Waals surface area contributed by atoms with Gasteiger partial charge in [-0.1, -0.05) is 0 Å². The van der Waals surface area contributed by atoms with Crippen LogP contribution in [0.2, 0.25) is 0 Å². The van der Waals surface area contributed by atoms with Crippen LogP contribution in [0.3, 0.4) is 0 Å². The molecule has 0 aromatic heterocycles. The van der Waals surface area contributed by atoms with E-state index in [0.29, 0.717) is 23.8 Å². The summed E-state index contributed by atoms with van der Waals surface area (Å²) in [4.78, 5) is 38.0. The lowest BCUT2D eigenvalue weighted by Crippen LogP contribution is -2.53. The highest BCUT2D eigenvalue weighted by atomic mass is 16.6. The lowest BCUT2D eigenvalue weighted by molar-refractivity contribution is -0.156. The molecule has 0 amide bonds. The summed E-state index contributed by atoms with van der Waals surface area (Å²) < 4.78 is 15.6. The van der Waals surface area contributed by atoms with Gasteiger partial charge in [0.25, 0.3) is 0 Å². The third kappa shape index (κ3) is 3.58. The zero-order valence-corrected chi connectivity index (χ0v) is 15.1. The first kappa shape index (κ1) is 18.4. The summed E-state index contributed by atoms with van der Waals surface area (Å²) in [5.41, 5.74) is 0.343. The Bertz CT molecular complexity index is 700. The predicted octanol–water partition coefficient (Wildman–Crippen LogP) is 1.79. The molecule has 2 aliphatic heterocycles. The highest BCUT2D eigenvalue weighted by Gasteiger charge is 2.50. The Labute approximate surface area is 152 Å². The second kappa shape index (κ2) is 7.45. The van der Waals surface area contributed by atoms with Gasteiger partial charge in [0, 0.05) is 25.4 Å². The number of benzene rings is 1. The van der Waals surface area contributed by atoms with Gasteiger partial charge in [-0.15, -0.1) is 0 Å². The Morgan fingerprint density at radius 1 is 1.12 bits per heavy atom. The average Bonchev–Trinajstić information content (AvgIpc) is 2.85. The van der Waals surface area contributed by atoms with E-state index in [4.69, 9.17) is 14.2 Å². The van der Waals surface area contributed by atoms with Crippen LogP contribution in [0.15, 0.2) is 24.3 Å². The van der Waals surface area contributed by atoms with E-state index < -0.39 is 24.0 Å². The molecule has 4 atom stereocenters. The molecule has 2 heterocycles. The molecule has 2 bridgehead atoms. The predicted molar refractivity (Wildman–Crippen MR) is 91.7 cm³/mol. The fourth-order valence-electron chi connectivity index (χ4n) is 4.02. The van der Waals surface area contributed by atoms with Crippen molar-refractivity contribution in [3.05, 3.63) is 29.8 Å². The van der Waals surface area contributed by atoms with Crippen LogP contribution in [0.4, 0.5) is 0 Å². The van der Waals surface area contributed by atoms with Crippen LogP contribution in [0.5, 0.6) is 5.75 Å². The Kier molecular flexibility index (Phi) is 5.27. The maximum Gasteiger partial charge on any atom is 0.338 e. The summed E-state index contributed by atoms with van der Waals surface area (Å²) in [7, 11) is 3.36. The van der Waals surface area contributed by atoms with Crippen LogP contribution in [-0.4, -0.2) is 55.2 Å². The molecule has 7 heteroatoms. The fraction of sp³-hybridized carbons (Fsp3) is 0.526. The third-order valence-corrected chi connectivity index (χ3v) is 5.30. The van der Waals surface area contributed by atoms with E-state index in [2.05, 4.69) is 4.90 Å². The normalized spacial score (nSPS) is 27.7. The smallest absolute Gasteiger partial charge is 0.338 e. The molecule has 2 saturated heterocycles. The number of carbonyl (C=O) groups excluding carboxylic acids is 3. The number of methoxy groups -OCH3 is 1. The molecule has 0 spiro atoms. The maximum atomic E-state index is 12.5. The molecule has 1 aromatic carbocycles. The van der Waals surface area contributed by atoms with E-state index in [-0.39, 0.29) is 12.0 Å². The molecule has 1 aromatic rings. The number of piperidine rings is 1. The molecule has 3 rings (SSSR count). The van der Waals surface area contributed by atoms with Gasteiger partial charge >= 0.3 is 17.9 Å². The molecule has 26 heavy (non-hydrogen) atoms. The quantitative estimate of drug-likeness (QED) is 0.597. The van der Waals surface area contributed by atoms with Gasteiger partial charge in [0.1, 0.15) is 17.8 Å². The molecular weight excluding hydrogens is 338 g/mol. The van der Waals surface area contributed by atoms with Crippen molar-refractivity contribution in [3.8, 4) is 5.75 Å². The SMILES string of the molecule is COC(=O)[C@H]1[C@@H](OC(=O)c2ccc(OC(C)=O)cc2)C[C@@H]2CC[C@H]1N2C. The lowest BCUT2D eigenvalue weighted by Gasteiger charge is -2.40. The number of fused-ring (bicyclic) bond motifs is 2. The van der Waals surface area contributed by atoms with Crippen LogP contribution in [-0.2, 0) is 19.1 Å². The number of rotatable bonds is 4. The van der Waals surface area contributed by atoms with Crippen molar-refractivity contribution in [1.82, 2.24) is 4.90 Å². The summed E-state index contributed by atoms with van der Waals surface area (Å²) >= 11 is 0. The molecule has 0 unspecified atom stereocenters. The van der Waals surface area contributed by atoms with Crippen molar-refractivity contribution in [1.29, 1.82) is 0 Å². The standard InChI is InChI=1S/C19H23NO6/c1-11(21)25-14-7-4-12(5-8-14)18(22)26-16-10-13-6-9-15(20(13)2)17(16)19(23)24-3/h4-5,7-8,13,15-17H,6,9-10H2,1-3H3/t13-,15+,16-,17+/m0/s1. The zero-order valence-electron chi connectivity index (χ0n) is 15.1. The number of carbonyl (C=O) groups is 3. The van der Waals surface area contributed by atoms with Crippen LogP contribution < -0.4 is 4.74 Å². The van der Waals surface area contributed by atoms with Crippen molar-refractivity contribution in [2.24, 2.45) is 5.92 Å². The minimum Gasteiger partial charge on any atom is -0.469 e. The summed E-state index contributed by atoms with van der Waals surface area (Å²) in [6.07, 6.45) is 1.99. The van der Waals surface area contributed by atoms with Gasteiger partial charge in [0.2, 0.25) is 0 Å². The second-order valence-corrected chi connectivity index (χ2v) is 6.81. The summed E-state index contributed by atoms with van der Waals surface area (Å²) in [5.74, 6) is -1.39. The molecule has 0 radical (unpaired) electrons. The highest BCUT2D eigenvalue weighted by Crippen LogP contribution is 2.40. The molecule has 0 saturated carbocycles. The van der Waals surface area contributed by atoms with Crippen molar-refractivity contribution in [2.45, 2.75) is 44.4 Å². The highest BCUT2D eigenvalue weighted by molar-refractivity contribution is 5.90. The van der Waals surface area contributed by atoms with E-state index in [1.165, 1.54) is 38.3 Å². The number of ether oxygens (including phenoxy) is 3. The summed E-state index contributed by atoms with van der Waals surface area (Å²) in [5, 5.41) is 0. The zero-order chi connectivity index (χ0) is 18.8. The number of hydrogen-bond donors (Lipinski definition) is 0. The molecule has 0 N–H and O–H groups in total. The Hall–Kier alpha value is -2.41. The maximum absolute atomic E-state index is 12.5. The van der Waals surface area contributed by atoms with E-state index in [1.54, 1.807) is 0 Å². The van der Waals surface area contributed by atoms with E-state index in [9.17, 15) is 14.4 Å². The van der Waals surface area contributed by atoms with Crippen LogP contribution >= 0.6 is 0 Å². The van der Waals surface area contributed by atoms with Gasteiger partial charge in [0.05, 0.1) is 12.7 Å². The number of hydrogen-bond acceptors (Lipinski definition) is 7. The first-order chi connectivity index (χ1) is 12.4. The molecule has 2 fully saturated rings. The van der Waals surface area contributed by atoms with Crippen LogP contribution in [0.1, 0.15) is 36.5 Å². The second-order valence-electron chi connectivity index (χ2n) is 6.81. The van der Waals surface area contributed by atoms with Crippen molar-refractivity contribution in [3.63, 3.8) is 0 Å². The third-order valence-electron chi connectivity index (χ3n) is 5.30. The van der Waals surface area contributed by atoms with E-state index in [0.717, 1.165) is 12.8 Å². The van der Waals surface area contributed by atoms with Crippen LogP contribution in [0, 0.1) is 5.92 Å². The van der Waals surface area contributed by atoms with Crippen LogP contribution in [0.25, 0.3) is 0 Å². The lowest BCUT2D eigenvalue weighted by atomic mass is 9.87. The Balaban J connectivity index is 1.73. The fourth-order valence-corrected chi connectivity index (χ4v) is 4.02. The molecule has 2 aliphatic rings. The van der Waals surface area contributed by atoms with Crippen molar-refractivity contribution < 1.29 is 28.6 Å². The Morgan fingerprint density at radius 2 is 1.81 bits per heavy atom. The van der Waals surface area contributed by atoms with Gasteiger partial charge in [-0.3, -0.25) is 14.5 Å². The number of nitrogens with zero attached hydrogens (tertiary/aromatic N) is 1. The van der Waals surface area contributed by atoms with Gasteiger partial charge in [-0.05, 0) is 44.2 Å². The van der Waals surface area contributed by atoms with E-state index in [1.807, 2.05) is 7.05 Å². The monoisotopic (exact) mass is 361 g/mol. The molecular formula is C19H23NO6. The van der Waals surface area contributed by atoms with Gasteiger partial charge in [-0.2, -0.15) is 0 Å². The van der Waals surface area contributed by atoms with Crippen molar-refractivity contribution >= 4 is 17.9 Å². The minimum atomic E-state index is -0.503. The molecule has 0 aliphatic carbocycles. The largest absolute Gasteiger partial charge is 0.469 e. The number of esters is 3. The summed E-state index contributed by atoms with van der Waals surface area (Å²) in [6.45, 7) is 1.31. The Morgan fingerprint density at radius 3 is 2.42 bits per heavy atom. The first-order valence-electron chi connectivity index (χ1n) is 8.70. The molecule has 7 nitrogen and oxygen atoms in total. The first-order valence-corrected chi connectivity index (χ1v) is 8.70. The topological polar surface area (TPSA) is 82.1 Å². The van der Waals surface area contributed by atoms with Gasteiger partial charge in [0.15, 0.2) is 0 Å². The summed E-state index contributed by atoms with van der Waals surface area (Å²) in [6, 6.07) is 6.49. The van der Waals surface area contributed by atoms with E-state index >= 15 is 0 Å². The minimum absolute atomic E-state index is 0.0327. The molecule has 140 valence electrons.